The van der Waals surface area contributed by atoms with Crippen LogP contribution in [0.2, 0.25) is 10.0 Å². The van der Waals surface area contributed by atoms with Gasteiger partial charge in [-0.1, -0.05) is 35.3 Å². The molecule has 1 fully saturated rings. The number of amides is 2. The first kappa shape index (κ1) is 26.7. The molecule has 3 aromatic rings. The predicted molar refractivity (Wildman–Crippen MR) is 145 cm³/mol. The third-order valence-electron chi connectivity index (χ3n) is 6.32. The van der Waals surface area contributed by atoms with Gasteiger partial charge < -0.3 is 19.4 Å². The van der Waals surface area contributed by atoms with Crippen molar-refractivity contribution < 1.29 is 14.3 Å². The van der Waals surface area contributed by atoms with E-state index in [1.54, 1.807) is 24.1 Å². The molecule has 0 saturated carbocycles. The minimum Gasteiger partial charge on any atom is -0.497 e. The molecule has 8 nitrogen and oxygen atoms in total. The van der Waals surface area contributed by atoms with Crippen molar-refractivity contribution >= 4 is 40.8 Å². The lowest BCUT2D eigenvalue weighted by Crippen LogP contribution is -2.53. The lowest BCUT2D eigenvalue weighted by atomic mass is 10.1. The highest BCUT2D eigenvalue weighted by Gasteiger charge is 2.28. The molecular weight excluding hydrogens is 513 g/mol. The van der Waals surface area contributed by atoms with E-state index in [-0.39, 0.29) is 29.4 Å². The maximum atomic E-state index is 13.1. The molecule has 194 valence electrons. The largest absolute Gasteiger partial charge is 0.497 e. The molecule has 37 heavy (non-hydrogen) atoms. The molecule has 0 radical (unpaired) electrons. The van der Waals surface area contributed by atoms with Gasteiger partial charge in [-0.05, 0) is 56.3 Å². The van der Waals surface area contributed by atoms with Crippen molar-refractivity contribution in [2.75, 3.05) is 44.7 Å². The molecule has 0 N–H and O–H groups in total. The van der Waals surface area contributed by atoms with Gasteiger partial charge in [-0.15, -0.1) is 10.2 Å². The van der Waals surface area contributed by atoms with Crippen molar-refractivity contribution in [3.63, 3.8) is 0 Å². The van der Waals surface area contributed by atoms with Crippen LogP contribution in [0.1, 0.15) is 24.2 Å². The van der Waals surface area contributed by atoms with Gasteiger partial charge in [0.1, 0.15) is 12.3 Å². The van der Waals surface area contributed by atoms with Gasteiger partial charge in [0.2, 0.25) is 5.91 Å². The first-order valence-corrected chi connectivity index (χ1v) is 12.8. The molecule has 1 aromatic heterocycles. The van der Waals surface area contributed by atoms with Crippen molar-refractivity contribution in [1.29, 1.82) is 0 Å². The van der Waals surface area contributed by atoms with Gasteiger partial charge >= 0.3 is 0 Å². The number of hydrogen-bond donors (Lipinski definition) is 0. The van der Waals surface area contributed by atoms with Gasteiger partial charge in [0.25, 0.3) is 5.91 Å². The molecule has 0 spiro atoms. The minimum atomic E-state index is -0.296. The molecular formula is C27H29Cl2N5O3. The average Bonchev–Trinajstić information content (AvgIpc) is 2.91. The minimum absolute atomic E-state index is 0.0233. The molecule has 0 bridgehead atoms. The van der Waals surface area contributed by atoms with Crippen LogP contribution in [0.3, 0.4) is 0 Å². The Morgan fingerprint density at radius 3 is 2.38 bits per heavy atom. The first-order valence-electron chi connectivity index (χ1n) is 12.0. The molecule has 0 unspecified atom stereocenters. The molecule has 0 aliphatic carbocycles. The van der Waals surface area contributed by atoms with Gasteiger partial charge in [-0.3, -0.25) is 9.59 Å². The molecule has 1 aliphatic rings. The van der Waals surface area contributed by atoms with Gasteiger partial charge in [0.15, 0.2) is 5.82 Å². The number of carbonyl (C=O) groups is 2. The number of aromatic nitrogens is 2. The Labute approximate surface area is 226 Å². The van der Waals surface area contributed by atoms with E-state index in [1.165, 1.54) is 11.0 Å². The number of hydrogen-bond acceptors (Lipinski definition) is 6. The second-order valence-electron chi connectivity index (χ2n) is 9.03. The second kappa shape index (κ2) is 11.8. The number of carbonyl (C=O) groups excluding carboxylic acids is 2. The molecule has 1 aliphatic heterocycles. The summed E-state index contributed by atoms with van der Waals surface area (Å²) in [7, 11) is 1.63. The number of methoxy groups -OCH3 is 1. The van der Waals surface area contributed by atoms with Gasteiger partial charge in [0.05, 0.1) is 23.4 Å². The first-order chi connectivity index (χ1) is 17.8. The fraction of sp³-hybridized carbons (Fsp3) is 0.333. The Bertz CT molecular complexity index is 1260. The fourth-order valence-electron chi connectivity index (χ4n) is 4.17. The summed E-state index contributed by atoms with van der Waals surface area (Å²) in [6.45, 7) is 6.03. The Morgan fingerprint density at radius 1 is 1.00 bits per heavy atom. The zero-order valence-corrected chi connectivity index (χ0v) is 22.5. The van der Waals surface area contributed by atoms with Crippen molar-refractivity contribution in [2.24, 2.45) is 0 Å². The number of ether oxygens (including phenoxy) is 1. The molecule has 2 amide bonds. The van der Waals surface area contributed by atoms with Crippen LogP contribution in [-0.2, 0) is 4.79 Å². The molecule has 0 atom stereocenters. The lowest BCUT2D eigenvalue weighted by Gasteiger charge is -2.36. The van der Waals surface area contributed by atoms with Crippen molar-refractivity contribution in [3.8, 4) is 17.0 Å². The van der Waals surface area contributed by atoms with E-state index in [4.69, 9.17) is 27.9 Å². The number of piperazine rings is 1. The van der Waals surface area contributed by atoms with Crippen molar-refractivity contribution in [3.05, 3.63) is 70.2 Å². The smallest absolute Gasteiger partial charge is 0.256 e. The summed E-state index contributed by atoms with van der Waals surface area (Å²) < 4.78 is 5.29. The quantitative estimate of drug-likeness (QED) is 0.432. The van der Waals surface area contributed by atoms with Gasteiger partial charge in [0, 0.05) is 42.8 Å². The summed E-state index contributed by atoms with van der Waals surface area (Å²) in [4.78, 5) is 31.7. The van der Waals surface area contributed by atoms with Crippen LogP contribution in [0.25, 0.3) is 11.3 Å². The van der Waals surface area contributed by atoms with E-state index in [1.807, 2.05) is 50.2 Å². The Morgan fingerprint density at radius 2 is 1.76 bits per heavy atom. The normalized spacial score (nSPS) is 13.6. The van der Waals surface area contributed by atoms with Gasteiger partial charge in [-0.25, -0.2) is 0 Å². The van der Waals surface area contributed by atoms with E-state index in [0.717, 1.165) is 22.8 Å². The second-order valence-corrected chi connectivity index (χ2v) is 9.87. The van der Waals surface area contributed by atoms with Crippen LogP contribution >= 0.6 is 23.2 Å². The topological polar surface area (TPSA) is 78.9 Å². The zero-order valence-electron chi connectivity index (χ0n) is 21.0. The van der Waals surface area contributed by atoms with Crippen LogP contribution < -0.4 is 9.64 Å². The highest BCUT2D eigenvalue weighted by atomic mass is 35.5. The highest BCUT2D eigenvalue weighted by Crippen LogP contribution is 2.25. The van der Waals surface area contributed by atoms with E-state index in [2.05, 4.69) is 15.1 Å². The summed E-state index contributed by atoms with van der Waals surface area (Å²) in [5.41, 5.74) is 2.02. The highest BCUT2D eigenvalue weighted by molar-refractivity contribution is 6.36. The van der Waals surface area contributed by atoms with E-state index < -0.39 is 0 Å². The van der Waals surface area contributed by atoms with E-state index in [0.29, 0.717) is 36.8 Å². The SMILES string of the molecule is COc1cccc(-c2ccc(N3CCN(C(=O)CN(C(=O)c4ccc(Cl)cc4Cl)C(C)C)CC3)nn2)c1. The van der Waals surface area contributed by atoms with Crippen molar-refractivity contribution in [1.82, 2.24) is 20.0 Å². The van der Waals surface area contributed by atoms with Crippen LogP contribution in [0, 0.1) is 0 Å². The Kier molecular flexibility index (Phi) is 8.51. The summed E-state index contributed by atoms with van der Waals surface area (Å²) in [6.07, 6.45) is 0. The average molecular weight is 542 g/mol. The third kappa shape index (κ3) is 6.32. The van der Waals surface area contributed by atoms with E-state index >= 15 is 0 Å². The van der Waals surface area contributed by atoms with Crippen molar-refractivity contribution in [2.45, 2.75) is 19.9 Å². The summed E-state index contributed by atoms with van der Waals surface area (Å²) in [5, 5.41) is 9.50. The molecule has 1 saturated heterocycles. The van der Waals surface area contributed by atoms with Gasteiger partial charge in [-0.2, -0.15) is 0 Å². The third-order valence-corrected chi connectivity index (χ3v) is 6.87. The standard InChI is InChI=1S/C27H29Cl2N5O3/c1-18(2)34(27(36)22-8-7-20(28)16-23(22)29)17-26(35)33-13-11-32(12-14-33)25-10-9-24(30-31-25)19-5-4-6-21(15-19)37-3/h4-10,15-16,18H,11-14,17H2,1-3H3. The summed E-state index contributed by atoms with van der Waals surface area (Å²) >= 11 is 12.2. The maximum Gasteiger partial charge on any atom is 0.256 e. The number of anilines is 1. The maximum absolute atomic E-state index is 13.1. The number of nitrogens with zero attached hydrogens (tertiary/aromatic N) is 5. The number of benzene rings is 2. The molecule has 2 aromatic carbocycles. The fourth-order valence-corrected chi connectivity index (χ4v) is 4.66. The molecule has 4 rings (SSSR count). The van der Waals surface area contributed by atoms with Crippen LogP contribution in [0.4, 0.5) is 5.82 Å². The predicted octanol–water partition coefficient (Wildman–Crippen LogP) is 4.66. The monoisotopic (exact) mass is 541 g/mol. The lowest BCUT2D eigenvalue weighted by molar-refractivity contribution is -0.132. The van der Waals surface area contributed by atoms with Crippen LogP contribution in [0.15, 0.2) is 54.6 Å². The number of rotatable bonds is 7. The Hall–Kier alpha value is -3.36. The van der Waals surface area contributed by atoms with Crippen LogP contribution in [0.5, 0.6) is 5.75 Å². The summed E-state index contributed by atoms with van der Waals surface area (Å²) in [6, 6.07) is 16.1. The molecule has 2 heterocycles. The number of halogens is 2. The Balaban J connectivity index is 1.36. The van der Waals surface area contributed by atoms with E-state index in [9.17, 15) is 9.59 Å². The van der Waals surface area contributed by atoms with Crippen LogP contribution in [-0.4, -0.2) is 77.7 Å². The molecule has 10 heteroatoms. The zero-order chi connectivity index (χ0) is 26.5. The summed E-state index contributed by atoms with van der Waals surface area (Å²) in [5.74, 6) is 1.12.